The van der Waals surface area contributed by atoms with Crippen molar-refractivity contribution in [2.45, 2.75) is 6.54 Å². The van der Waals surface area contributed by atoms with Crippen molar-refractivity contribution >= 4 is 21.6 Å². The van der Waals surface area contributed by atoms with Gasteiger partial charge in [0.15, 0.2) is 0 Å². The molecule has 1 aromatic heterocycles. The van der Waals surface area contributed by atoms with Crippen LogP contribution in [-0.4, -0.2) is 9.78 Å². The Morgan fingerprint density at radius 2 is 1.83 bits per heavy atom. The van der Waals surface area contributed by atoms with E-state index in [1.54, 1.807) is 13.2 Å². The molecule has 3 rings (SSSR count). The first-order chi connectivity index (χ1) is 11.6. The van der Waals surface area contributed by atoms with Crippen molar-refractivity contribution in [3.63, 3.8) is 0 Å². The average Bonchev–Trinajstić information content (AvgIpc) is 2.61. The van der Waals surface area contributed by atoms with E-state index in [1.165, 1.54) is 4.68 Å². The first kappa shape index (κ1) is 16.3. The van der Waals surface area contributed by atoms with Crippen LogP contribution in [0.5, 0.6) is 11.5 Å². The third-order valence-corrected chi connectivity index (χ3v) is 4.26. The van der Waals surface area contributed by atoms with Gasteiger partial charge in [0.2, 0.25) is 0 Å². The van der Waals surface area contributed by atoms with Gasteiger partial charge >= 0.3 is 0 Å². The topological polar surface area (TPSA) is 56.1 Å². The van der Waals surface area contributed by atoms with Gasteiger partial charge in [0.1, 0.15) is 16.0 Å². The number of para-hydroxylation sites is 2. The highest BCUT2D eigenvalue weighted by atomic mass is 79.9. The Bertz CT molecular complexity index is 894. The Morgan fingerprint density at radius 3 is 2.62 bits per heavy atom. The van der Waals surface area contributed by atoms with E-state index in [9.17, 15) is 4.79 Å². The van der Waals surface area contributed by atoms with Gasteiger partial charge in [0, 0.05) is 19.2 Å². The summed E-state index contributed by atoms with van der Waals surface area (Å²) in [6.45, 7) is 0.510. The minimum absolute atomic E-state index is 0.186. The summed E-state index contributed by atoms with van der Waals surface area (Å²) >= 11 is 3.31. The molecule has 0 aliphatic rings. The predicted molar refractivity (Wildman–Crippen MR) is 97.5 cm³/mol. The van der Waals surface area contributed by atoms with Crippen LogP contribution in [0.15, 0.2) is 70.1 Å². The second-order valence-corrected chi connectivity index (χ2v) is 5.97. The molecule has 0 aliphatic carbocycles. The molecule has 0 saturated heterocycles. The van der Waals surface area contributed by atoms with E-state index < -0.39 is 0 Å². The Labute approximate surface area is 148 Å². The SMILES string of the molecule is Cn1ncc(NCc2ccccc2Oc2ccccc2)c(Br)c1=O. The van der Waals surface area contributed by atoms with Crippen LogP contribution in [0.4, 0.5) is 5.69 Å². The van der Waals surface area contributed by atoms with Crippen molar-refractivity contribution in [3.05, 3.63) is 81.2 Å². The summed E-state index contributed by atoms with van der Waals surface area (Å²) < 4.78 is 7.68. The number of anilines is 1. The molecule has 0 aliphatic heterocycles. The molecule has 0 saturated carbocycles. The number of ether oxygens (including phenoxy) is 1. The van der Waals surface area contributed by atoms with Gasteiger partial charge in [-0.1, -0.05) is 36.4 Å². The lowest BCUT2D eigenvalue weighted by molar-refractivity contribution is 0.477. The minimum atomic E-state index is -0.186. The van der Waals surface area contributed by atoms with E-state index >= 15 is 0 Å². The Kier molecular flexibility index (Phi) is 4.96. The molecule has 0 radical (unpaired) electrons. The highest BCUT2D eigenvalue weighted by molar-refractivity contribution is 9.10. The molecule has 0 spiro atoms. The summed E-state index contributed by atoms with van der Waals surface area (Å²) in [7, 11) is 1.61. The third kappa shape index (κ3) is 3.65. The van der Waals surface area contributed by atoms with E-state index in [4.69, 9.17) is 4.74 Å². The van der Waals surface area contributed by atoms with Crippen LogP contribution >= 0.6 is 15.9 Å². The fourth-order valence-corrected chi connectivity index (χ4v) is 2.69. The van der Waals surface area contributed by atoms with Gasteiger partial charge in [0.05, 0.1) is 11.9 Å². The number of hydrogen-bond donors (Lipinski definition) is 1. The summed E-state index contributed by atoms with van der Waals surface area (Å²) in [4.78, 5) is 11.9. The maximum absolute atomic E-state index is 11.9. The van der Waals surface area contributed by atoms with Crippen molar-refractivity contribution in [3.8, 4) is 11.5 Å². The maximum atomic E-state index is 11.9. The normalized spacial score (nSPS) is 10.4. The number of aromatic nitrogens is 2. The fourth-order valence-electron chi connectivity index (χ4n) is 2.19. The van der Waals surface area contributed by atoms with Gasteiger partial charge in [-0.3, -0.25) is 4.79 Å². The van der Waals surface area contributed by atoms with Gasteiger partial charge in [-0.05, 0) is 34.1 Å². The van der Waals surface area contributed by atoms with Crippen molar-refractivity contribution in [2.24, 2.45) is 7.05 Å². The molecule has 5 nitrogen and oxygen atoms in total. The molecule has 3 aromatic rings. The molecule has 0 fully saturated rings. The lowest BCUT2D eigenvalue weighted by atomic mass is 10.2. The summed E-state index contributed by atoms with van der Waals surface area (Å²) in [6.07, 6.45) is 1.62. The van der Waals surface area contributed by atoms with Gasteiger partial charge < -0.3 is 10.1 Å². The van der Waals surface area contributed by atoms with Gasteiger partial charge in [-0.25, -0.2) is 4.68 Å². The highest BCUT2D eigenvalue weighted by Crippen LogP contribution is 2.26. The van der Waals surface area contributed by atoms with Gasteiger partial charge in [-0.2, -0.15) is 5.10 Å². The molecule has 1 N–H and O–H groups in total. The lowest BCUT2D eigenvalue weighted by Crippen LogP contribution is -2.21. The second-order valence-electron chi connectivity index (χ2n) is 5.18. The summed E-state index contributed by atoms with van der Waals surface area (Å²) in [5, 5.41) is 7.24. The molecule has 0 bridgehead atoms. The van der Waals surface area contributed by atoms with E-state index in [2.05, 4.69) is 26.3 Å². The number of halogens is 1. The zero-order valence-corrected chi connectivity index (χ0v) is 14.7. The molecule has 2 aromatic carbocycles. The van der Waals surface area contributed by atoms with Crippen LogP contribution in [0.2, 0.25) is 0 Å². The summed E-state index contributed by atoms with van der Waals surface area (Å²) in [5.74, 6) is 1.55. The molecule has 1 heterocycles. The molecule has 24 heavy (non-hydrogen) atoms. The number of aryl methyl sites for hydroxylation is 1. The molecule has 122 valence electrons. The van der Waals surface area contributed by atoms with Crippen LogP contribution in [0.3, 0.4) is 0 Å². The van der Waals surface area contributed by atoms with E-state index in [-0.39, 0.29) is 5.56 Å². The average molecular weight is 386 g/mol. The number of nitrogens with one attached hydrogen (secondary N) is 1. The molecule has 6 heteroatoms. The number of hydrogen-bond acceptors (Lipinski definition) is 4. The lowest BCUT2D eigenvalue weighted by Gasteiger charge is -2.13. The Balaban J connectivity index is 1.79. The van der Waals surface area contributed by atoms with E-state index in [0.717, 1.165) is 17.1 Å². The zero-order valence-electron chi connectivity index (χ0n) is 13.1. The van der Waals surface area contributed by atoms with Crippen molar-refractivity contribution < 1.29 is 4.74 Å². The molecular weight excluding hydrogens is 370 g/mol. The monoisotopic (exact) mass is 385 g/mol. The molecular formula is C18H16BrN3O2. The molecule has 0 atom stereocenters. The quantitative estimate of drug-likeness (QED) is 0.722. The summed E-state index contributed by atoms with van der Waals surface area (Å²) in [6, 6.07) is 17.4. The Hall–Kier alpha value is -2.60. The van der Waals surface area contributed by atoms with Crippen LogP contribution in [-0.2, 0) is 13.6 Å². The first-order valence-electron chi connectivity index (χ1n) is 7.41. The van der Waals surface area contributed by atoms with Crippen molar-refractivity contribution in [1.29, 1.82) is 0 Å². The molecule has 0 unspecified atom stereocenters. The third-order valence-electron chi connectivity index (χ3n) is 3.49. The standard InChI is InChI=1S/C18H16BrN3O2/c1-22-18(23)17(19)15(12-21-22)20-11-13-7-5-6-10-16(13)24-14-8-3-2-4-9-14/h2-10,12,20H,11H2,1H3. The van der Waals surface area contributed by atoms with E-state index in [0.29, 0.717) is 16.7 Å². The van der Waals surface area contributed by atoms with Crippen molar-refractivity contribution in [2.75, 3.05) is 5.32 Å². The predicted octanol–water partition coefficient (Wildman–Crippen LogP) is 3.95. The largest absolute Gasteiger partial charge is 0.457 e. The van der Waals surface area contributed by atoms with Crippen molar-refractivity contribution in [1.82, 2.24) is 9.78 Å². The number of rotatable bonds is 5. The van der Waals surface area contributed by atoms with E-state index in [1.807, 2.05) is 54.6 Å². The molecule has 0 amide bonds. The zero-order chi connectivity index (χ0) is 16.9. The second kappa shape index (κ2) is 7.31. The maximum Gasteiger partial charge on any atom is 0.282 e. The minimum Gasteiger partial charge on any atom is -0.457 e. The first-order valence-corrected chi connectivity index (χ1v) is 8.21. The fraction of sp³-hybridized carbons (Fsp3) is 0.111. The summed E-state index contributed by atoms with van der Waals surface area (Å²) in [5.41, 5.74) is 1.44. The van der Waals surface area contributed by atoms with Crippen LogP contribution in [0.1, 0.15) is 5.56 Å². The van der Waals surface area contributed by atoms with Gasteiger partial charge in [-0.15, -0.1) is 0 Å². The van der Waals surface area contributed by atoms with Crippen LogP contribution in [0.25, 0.3) is 0 Å². The number of benzene rings is 2. The highest BCUT2D eigenvalue weighted by Gasteiger charge is 2.09. The Morgan fingerprint density at radius 1 is 1.12 bits per heavy atom. The smallest absolute Gasteiger partial charge is 0.282 e. The number of nitrogens with zero attached hydrogens (tertiary/aromatic N) is 2. The van der Waals surface area contributed by atoms with Gasteiger partial charge in [0.25, 0.3) is 5.56 Å². The van der Waals surface area contributed by atoms with Crippen LogP contribution in [0, 0.1) is 0 Å². The van der Waals surface area contributed by atoms with Crippen LogP contribution < -0.4 is 15.6 Å².